The smallest absolute Gasteiger partial charge is 0.255 e. The van der Waals surface area contributed by atoms with Crippen LogP contribution in [0.3, 0.4) is 0 Å². The maximum atomic E-state index is 12.2. The summed E-state index contributed by atoms with van der Waals surface area (Å²) in [7, 11) is 0. The number of pyridine rings is 2. The first-order chi connectivity index (χ1) is 42.6. The molecule has 0 unspecified atom stereocenters. The average Bonchev–Trinajstić information content (AvgIpc) is 2.43. The summed E-state index contributed by atoms with van der Waals surface area (Å²) in [5.74, 6) is 0.877. The van der Waals surface area contributed by atoms with Gasteiger partial charge in [-0.1, -0.05) is 128 Å². The number of nitrogens with zero attached hydrogens (tertiary/aromatic N) is 5. The molecule has 5 heterocycles. The standard InChI is InChI=1S/C22H23NO2.C19H17NO2.C18H14ClNO.C17H17N3/c1-4-25-21-10-11-22(16(2)12-21)23-14-20(9-8-17(23)3)19-7-5-6-18(13-19)15-24;1-14-4-2-7-18(10-14)20-12-17(8-9-19(20)22)16-6-3-5-15(11-16)13-21;1-13-3-2-4-17(11-13)20-12-15(7-10-18(20)21)14-5-8-16(19)9-6-14;1-12-9-10-15(17-13(2)18-19-14(17)3)11-20(12)16-7-5-4-6-8-16/h5-14,24H,3-4,15H2,1-2H3;2-12,21H,13H2,1H3;2-12H,1H3;4-11H,1H2,2-3H3,(H,18,19). The predicted molar refractivity (Wildman–Crippen MR) is 362 cm³/mol. The van der Waals surface area contributed by atoms with Crippen molar-refractivity contribution in [3.63, 3.8) is 0 Å². The Labute approximate surface area is 520 Å². The molecule has 7 aromatic carbocycles. The minimum Gasteiger partial charge on any atom is -0.494 e. The Morgan fingerprint density at radius 2 is 1.03 bits per heavy atom. The van der Waals surface area contributed by atoms with E-state index in [1.54, 1.807) is 21.3 Å². The Morgan fingerprint density at radius 1 is 0.511 bits per heavy atom. The van der Waals surface area contributed by atoms with Gasteiger partial charge in [-0.2, -0.15) is 5.10 Å². The lowest BCUT2D eigenvalue weighted by Crippen LogP contribution is -2.17. The number of H-pyrrole nitrogens is 1. The van der Waals surface area contributed by atoms with Crippen molar-refractivity contribution in [3.05, 3.63) is 344 Å². The molecule has 2 aliphatic heterocycles. The van der Waals surface area contributed by atoms with Crippen LogP contribution >= 0.6 is 11.6 Å². The molecule has 12 heteroatoms. The zero-order valence-electron chi connectivity index (χ0n) is 50.4. The second-order valence-corrected chi connectivity index (χ2v) is 21.7. The third-order valence-electron chi connectivity index (χ3n) is 14.7. The molecule has 11 nitrogen and oxygen atoms in total. The number of benzene rings is 7. The number of aliphatic hydroxyl groups excluding tert-OH is 2. The van der Waals surface area contributed by atoms with E-state index in [0.717, 1.165) is 124 Å². The van der Waals surface area contributed by atoms with Crippen LogP contribution in [0, 0.1) is 34.6 Å². The van der Waals surface area contributed by atoms with E-state index in [9.17, 15) is 19.8 Å². The minimum atomic E-state index is -0.0623. The molecule has 442 valence electrons. The first-order valence-electron chi connectivity index (χ1n) is 28.9. The molecular weight excluding hydrogens is 1110 g/mol. The molecule has 0 amide bonds. The molecule has 10 aromatic rings. The van der Waals surface area contributed by atoms with Crippen molar-refractivity contribution >= 4 is 34.1 Å². The van der Waals surface area contributed by atoms with E-state index >= 15 is 0 Å². The van der Waals surface area contributed by atoms with Gasteiger partial charge in [-0.25, -0.2) is 0 Å². The van der Waals surface area contributed by atoms with Crippen molar-refractivity contribution in [2.45, 2.75) is 54.8 Å². The second-order valence-electron chi connectivity index (χ2n) is 21.2. The van der Waals surface area contributed by atoms with E-state index in [-0.39, 0.29) is 24.3 Å². The number of aromatic nitrogens is 4. The average molecular weight is 1180 g/mol. The maximum absolute atomic E-state index is 12.2. The number of ether oxygens (including phenoxy) is 1. The molecule has 0 saturated heterocycles. The van der Waals surface area contributed by atoms with E-state index < -0.39 is 0 Å². The van der Waals surface area contributed by atoms with Gasteiger partial charge in [0, 0.05) is 92.9 Å². The normalized spacial score (nSPS) is 12.4. The Bertz CT molecular complexity index is 4360. The molecule has 0 saturated carbocycles. The molecule has 0 bridgehead atoms. The van der Waals surface area contributed by atoms with Gasteiger partial charge in [0.25, 0.3) is 11.1 Å². The molecule has 0 aliphatic carbocycles. The number of aromatic amines is 1. The van der Waals surface area contributed by atoms with Crippen molar-refractivity contribution < 1.29 is 14.9 Å². The van der Waals surface area contributed by atoms with Gasteiger partial charge in [0.2, 0.25) is 0 Å². The van der Waals surface area contributed by atoms with Crippen LogP contribution in [0.15, 0.2) is 277 Å². The topological polar surface area (TPSA) is 129 Å². The number of allylic oxidation sites excluding steroid dienone is 6. The number of para-hydroxylation sites is 1. The molecule has 0 fully saturated rings. The van der Waals surface area contributed by atoms with Crippen LogP contribution < -0.4 is 25.7 Å². The lowest BCUT2D eigenvalue weighted by molar-refractivity contribution is 0.281. The third-order valence-corrected chi connectivity index (χ3v) is 15.0. The predicted octanol–water partition coefficient (Wildman–Crippen LogP) is 16.5. The van der Waals surface area contributed by atoms with Crippen LogP contribution in [-0.4, -0.2) is 36.2 Å². The Kier molecular flexibility index (Phi) is 20.6. The van der Waals surface area contributed by atoms with Gasteiger partial charge >= 0.3 is 0 Å². The van der Waals surface area contributed by atoms with E-state index in [4.69, 9.17) is 16.3 Å². The van der Waals surface area contributed by atoms with E-state index in [1.807, 2.05) is 223 Å². The van der Waals surface area contributed by atoms with Crippen LogP contribution in [0.1, 0.15) is 57.3 Å². The van der Waals surface area contributed by atoms with Gasteiger partial charge < -0.3 is 24.7 Å². The third kappa shape index (κ3) is 15.6. The number of nitrogens with one attached hydrogen (secondary N) is 1. The first kappa shape index (κ1) is 62.2. The van der Waals surface area contributed by atoms with E-state index in [2.05, 4.69) is 82.8 Å². The van der Waals surface area contributed by atoms with E-state index in [0.29, 0.717) is 11.6 Å². The summed E-state index contributed by atoms with van der Waals surface area (Å²) in [5, 5.41) is 26.6. The van der Waals surface area contributed by atoms with Gasteiger partial charge in [0.05, 0.1) is 25.5 Å². The largest absolute Gasteiger partial charge is 0.494 e. The van der Waals surface area contributed by atoms with Crippen molar-refractivity contribution in [1.29, 1.82) is 0 Å². The van der Waals surface area contributed by atoms with Crippen molar-refractivity contribution in [2.24, 2.45) is 0 Å². The van der Waals surface area contributed by atoms with Crippen molar-refractivity contribution in [3.8, 4) is 39.4 Å². The number of aliphatic hydroxyl groups is 2. The monoisotopic (exact) mass is 1180 g/mol. The second kappa shape index (κ2) is 29.2. The SMILES string of the molecule is C=C1C=CC(c2c(C)n[nH]c2C)=CN1c1ccccc1.C=C1C=CC(c2cccc(CO)c2)=CN1c1ccc(OCC)cc1C.Cc1cccc(-n2cc(-c3ccc(Cl)cc3)ccc2=O)c1.Cc1cccc(-n2cc(-c3cccc(CO)c3)ccc2=O)c1. The number of halogens is 1. The van der Waals surface area contributed by atoms with Gasteiger partial charge in [-0.15, -0.1) is 0 Å². The molecule has 0 atom stereocenters. The zero-order chi connectivity index (χ0) is 62.3. The summed E-state index contributed by atoms with van der Waals surface area (Å²) < 4.78 is 8.89. The highest BCUT2D eigenvalue weighted by molar-refractivity contribution is 6.30. The van der Waals surface area contributed by atoms with Gasteiger partial charge in [0.1, 0.15) is 5.75 Å². The van der Waals surface area contributed by atoms with Gasteiger partial charge in [0.15, 0.2) is 0 Å². The van der Waals surface area contributed by atoms with Crippen LogP contribution in [0.5, 0.6) is 5.75 Å². The summed E-state index contributed by atoms with van der Waals surface area (Å²) in [6, 6.07) is 62.1. The maximum Gasteiger partial charge on any atom is 0.255 e. The summed E-state index contributed by atoms with van der Waals surface area (Å²) >= 11 is 5.91. The van der Waals surface area contributed by atoms with Crippen molar-refractivity contribution in [2.75, 3.05) is 16.4 Å². The Hall–Kier alpha value is -10.3. The molecule has 0 radical (unpaired) electrons. The highest BCUT2D eigenvalue weighted by atomic mass is 35.5. The van der Waals surface area contributed by atoms with Gasteiger partial charge in [-0.05, 0) is 206 Å². The fraction of sp³-hybridized carbons (Fsp3) is 0.118. The summed E-state index contributed by atoms with van der Waals surface area (Å²) in [6.07, 6.45) is 16.1. The van der Waals surface area contributed by atoms with Crippen molar-refractivity contribution in [1.82, 2.24) is 19.3 Å². The Balaban J connectivity index is 0.000000140. The molecule has 3 aromatic heterocycles. The number of anilines is 2. The molecule has 12 rings (SSSR count). The fourth-order valence-electron chi connectivity index (χ4n) is 10.2. The van der Waals surface area contributed by atoms with Crippen LogP contribution in [-0.2, 0) is 13.2 Å². The van der Waals surface area contributed by atoms with Gasteiger partial charge in [-0.3, -0.25) is 23.8 Å². The zero-order valence-corrected chi connectivity index (χ0v) is 51.1. The molecule has 3 N–H and O–H groups in total. The number of hydrogen-bond acceptors (Lipinski definition) is 8. The molecule has 88 heavy (non-hydrogen) atoms. The van der Waals surface area contributed by atoms with Crippen LogP contribution in [0.25, 0.3) is 44.8 Å². The van der Waals surface area contributed by atoms with Crippen LogP contribution in [0.4, 0.5) is 11.4 Å². The van der Waals surface area contributed by atoms with E-state index in [1.165, 1.54) is 0 Å². The molecule has 2 aliphatic rings. The van der Waals surface area contributed by atoms with Crippen LogP contribution in [0.2, 0.25) is 5.02 Å². The summed E-state index contributed by atoms with van der Waals surface area (Å²) in [5.41, 5.74) is 21.3. The highest BCUT2D eigenvalue weighted by Gasteiger charge is 2.18. The summed E-state index contributed by atoms with van der Waals surface area (Å²) in [4.78, 5) is 28.5. The molecule has 0 spiro atoms. The quantitative estimate of drug-likeness (QED) is 0.110. The number of hydrogen-bond donors (Lipinski definition) is 3. The number of rotatable bonds is 12. The first-order valence-corrected chi connectivity index (χ1v) is 29.3. The Morgan fingerprint density at radius 3 is 1.59 bits per heavy atom. The fourth-order valence-corrected chi connectivity index (χ4v) is 10.3. The lowest BCUT2D eigenvalue weighted by Gasteiger charge is -2.27. The summed E-state index contributed by atoms with van der Waals surface area (Å²) in [6.45, 7) is 21.1. The number of aryl methyl sites for hydroxylation is 5. The highest BCUT2D eigenvalue weighted by Crippen LogP contribution is 2.34. The molecular formula is C76H71ClN6O5. The minimum absolute atomic E-state index is 0.00532. The lowest BCUT2D eigenvalue weighted by atomic mass is 10.0.